The molecule has 7 nitrogen and oxygen atoms in total. The Kier molecular flexibility index (Phi) is 6.91. The summed E-state index contributed by atoms with van der Waals surface area (Å²) in [6.45, 7) is 4.31. The number of carbonyl (C=O) groups excluding carboxylic acids is 2. The van der Waals surface area contributed by atoms with Crippen LogP contribution in [-0.2, 0) is 14.3 Å². The van der Waals surface area contributed by atoms with Crippen molar-refractivity contribution < 1.29 is 24.2 Å². The first-order chi connectivity index (χ1) is 16.4. The summed E-state index contributed by atoms with van der Waals surface area (Å²) in [5, 5.41) is 12.4. The first-order valence-corrected chi connectivity index (χ1v) is 12.0. The van der Waals surface area contributed by atoms with Gasteiger partial charge in [-0.2, -0.15) is 0 Å². The van der Waals surface area contributed by atoms with Crippen molar-refractivity contribution >= 4 is 18.0 Å². The topological polar surface area (TPSA) is 95.9 Å². The molecule has 1 heterocycles. The number of likely N-dealkylation sites (tertiary alicyclic amines) is 1. The van der Waals surface area contributed by atoms with Crippen molar-refractivity contribution in [1.29, 1.82) is 0 Å². The van der Waals surface area contributed by atoms with Crippen LogP contribution in [0.5, 0.6) is 0 Å². The van der Waals surface area contributed by atoms with E-state index in [9.17, 15) is 19.5 Å². The van der Waals surface area contributed by atoms with Gasteiger partial charge in [-0.15, -0.1) is 0 Å². The van der Waals surface area contributed by atoms with Crippen molar-refractivity contribution in [2.24, 2.45) is 5.92 Å². The average molecular weight is 465 g/mol. The van der Waals surface area contributed by atoms with E-state index in [2.05, 4.69) is 29.6 Å². The molecule has 1 aliphatic carbocycles. The minimum absolute atomic E-state index is 0.0351. The molecule has 34 heavy (non-hydrogen) atoms. The Labute approximate surface area is 200 Å². The van der Waals surface area contributed by atoms with Crippen LogP contribution in [0.15, 0.2) is 48.5 Å². The zero-order valence-corrected chi connectivity index (χ0v) is 19.8. The molecule has 1 saturated heterocycles. The highest BCUT2D eigenvalue weighted by Gasteiger charge is 2.47. The largest absolute Gasteiger partial charge is 0.480 e. The molecule has 0 aromatic heterocycles. The van der Waals surface area contributed by atoms with E-state index in [0.717, 1.165) is 28.7 Å². The number of nitrogens with zero attached hydrogens (tertiary/aromatic N) is 1. The minimum atomic E-state index is -1.19. The van der Waals surface area contributed by atoms with Gasteiger partial charge in [0.1, 0.15) is 12.1 Å². The lowest BCUT2D eigenvalue weighted by Gasteiger charge is -2.34. The number of ether oxygens (including phenoxy) is 1. The standard InChI is InChI=1S/C27H32N2O5/c1-3-9-18(24(30)29-15-8-14-27(29,2)25(31)32)16-28-26(33)34-17-23-21-12-6-4-10-19(21)20-11-5-7-13-22(20)23/h4-7,10-13,18,23H,3,8-9,14-17H2,1-2H3,(H,28,33)(H,31,32)/t18?,27-/m0/s1. The van der Waals surface area contributed by atoms with Crippen molar-refractivity contribution in [3.8, 4) is 11.1 Å². The minimum Gasteiger partial charge on any atom is -0.480 e. The van der Waals surface area contributed by atoms with Crippen LogP contribution in [0, 0.1) is 5.92 Å². The highest BCUT2D eigenvalue weighted by molar-refractivity contribution is 5.89. The molecule has 2 atom stereocenters. The fourth-order valence-corrected chi connectivity index (χ4v) is 5.28. The van der Waals surface area contributed by atoms with E-state index in [0.29, 0.717) is 25.8 Å². The average Bonchev–Trinajstić information content (AvgIpc) is 3.39. The summed E-state index contributed by atoms with van der Waals surface area (Å²) in [6.07, 6.45) is 1.84. The number of benzene rings is 2. The van der Waals surface area contributed by atoms with Crippen LogP contribution >= 0.6 is 0 Å². The summed E-state index contributed by atoms with van der Waals surface area (Å²) in [5.74, 6) is -1.73. The molecule has 2 aliphatic rings. The number of amides is 2. The van der Waals surface area contributed by atoms with Gasteiger partial charge in [-0.1, -0.05) is 61.9 Å². The molecule has 7 heteroatoms. The first-order valence-electron chi connectivity index (χ1n) is 12.0. The third-order valence-electron chi connectivity index (χ3n) is 7.19. The normalized spacial score (nSPS) is 19.9. The number of hydrogen-bond acceptors (Lipinski definition) is 4. The molecule has 0 radical (unpaired) electrons. The molecule has 2 N–H and O–H groups in total. The summed E-state index contributed by atoms with van der Waals surface area (Å²) in [6, 6.07) is 16.3. The summed E-state index contributed by atoms with van der Waals surface area (Å²) < 4.78 is 5.58. The number of carbonyl (C=O) groups is 3. The number of fused-ring (bicyclic) bond motifs is 3. The summed E-state index contributed by atoms with van der Waals surface area (Å²) in [4.78, 5) is 39.0. The lowest BCUT2D eigenvalue weighted by molar-refractivity contribution is -0.157. The zero-order chi connectivity index (χ0) is 24.3. The number of nitrogens with one attached hydrogen (secondary N) is 1. The van der Waals surface area contributed by atoms with Gasteiger partial charge in [-0.05, 0) is 48.4 Å². The lowest BCUT2D eigenvalue weighted by atomic mass is 9.95. The molecule has 180 valence electrons. The third-order valence-corrected chi connectivity index (χ3v) is 7.19. The third kappa shape index (κ3) is 4.39. The SMILES string of the molecule is CCCC(CNC(=O)OCC1c2ccccc2-c2ccccc21)C(=O)N1CCC[C@@]1(C)C(=O)O. The van der Waals surface area contributed by atoms with E-state index in [4.69, 9.17) is 4.74 Å². The summed E-state index contributed by atoms with van der Waals surface area (Å²) >= 11 is 0. The molecule has 4 rings (SSSR count). The van der Waals surface area contributed by atoms with Crippen molar-refractivity contribution in [2.75, 3.05) is 19.7 Å². The van der Waals surface area contributed by atoms with Gasteiger partial charge < -0.3 is 20.1 Å². The smallest absolute Gasteiger partial charge is 0.407 e. The number of aliphatic carboxylic acids is 1. The maximum absolute atomic E-state index is 13.2. The predicted octanol–water partition coefficient (Wildman–Crippen LogP) is 4.41. The van der Waals surface area contributed by atoms with Gasteiger partial charge in [0.25, 0.3) is 0 Å². The highest BCUT2D eigenvalue weighted by atomic mass is 16.5. The first kappa shape index (κ1) is 23.8. The molecule has 0 bridgehead atoms. The van der Waals surface area contributed by atoms with E-state index in [1.165, 1.54) is 4.90 Å². The fraction of sp³-hybridized carbons (Fsp3) is 0.444. The number of hydrogen-bond donors (Lipinski definition) is 2. The second-order valence-electron chi connectivity index (χ2n) is 9.36. The Morgan fingerprint density at radius 2 is 1.74 bits per heavy atom. The van der Waals surface area contributed by atoms with Crippen LogP contribution in [0.3, 0.4) is 0 Å². The van der Waals surface area contributed by atoms with Gasteiger partial charge in [-0.3, -0.25) is 4.79 Å². The molecule has 0 saturated carbocycles. The monoisotopic (exact) mass is 464 g/mol. The van der Waals surface area contributed by atoms with Gasteiger partial charge in [0.15, 0.2) is 0 Å². The Balaban J connectivity index is 1.37. The second-order valence-corrected chi connectivity index (χ2v) is 9.36. The van der Waals surface area contributed by atoms with Crippen LogP contribution in [0.1, 0.15) is 56.6 Å². The molecule has 1 unspecified atom stereocenters. The van der Waals surface area contributed by atoms with E-state index in [1.54, 1.807) is 6.92 Å². The van der Waals surface area contributed by atoms with Gasteiger partial charge in [0.05, 0.1) is 5.92 Å². The van der Waals surface area contributed by atoms with Crippen LogP contribution in [0.25, 0.3) is 11.1 Å². The van der Waals surface area contributed by atoms with Crippen molar-refractivity contribution in [1.82, 2.24) is 10.2 Å². The number of carboxylic acids is 1. The van der Waals surface area contributed by atoms with Crippen LogP contribution in [-0.4, -0.2) is 53.2 Å². The lowest BCUT2D eigenvalue weighted by Crippen LogP contribution is -2.53. The maximum Gasteiger partial charge on any atom is 0.407 e. The van der Waals surface area contributed by atoms with Gasteiger partial charge in [-0.25, -0.2) is 9.59 Å². The number of carboxylic acid groups (broad SMARTS) is 1. The van der Waals surface area contributed by atoms with Crippen molar-refractivity contribution in [3.63, 3.8) is 0 Å². The van der Waals surface area contributed by atoms with Gasteiger partial charge >= 0.3 is 12.1 Å². The summed E-state index contributed by atoms with van der Waals surface area (Å²) in [7, 11) is 0. The van der Waals surface area contributed by atoms with Crippen LogP contribution in [0.4, 0.5) is 4.79 Å². The molecule has 2 amide bonds. The van der Waals surface area contributed by atoms with Gasteiger partial charge in [0.2, 0.25) is 5.91 Å². The molecule has 1 fully saturated rings. The zero-order valence-electron chi connectivity index (χ0n) is 19.8. The van der Waals surface area contributed by atoms with Gasteiger partial charge in [0, 0.05) is 19.0 Å². The van der Waals surface area contributed by atoms with Crippen LogP contribution < -0.4 is 5.32 Å². The number of rotatable bonds is 8. The molecule has 2 aromatic rings. The Morgan fingerprint density at radius 1 is 1.12 bits per heavy atom. The molecule has 2 aromatic carbocycles. The Bertz CT molecular complexity index is 1040. The van der Waals surface area contributed by atoms with Crippen molar-refractivity contribution in [2.45, 2.75) is 51.0 Å². The predicted molar refractivity (Wildman–Crippen MR) is 128 cm³/mol. The highest BCUT2D eigenvalue weighted by Crippen LogP contribution is 2.44. The Hall–Kier alpha value is -3.35. The quantitative estimate of drug-likeness (QED) is 0.603. The molecule has 0 spiro atoms. The Morgan fingerprint density at radius 3 is 2.32 bits per heavy atom. The van der Waals surface area contributed by atoms with E-state index >= 15 is 0 Å². The molecule has 1 aliphatic heterocycles. The van der Waals surface area contributed by atoms with E-state index < -0.39 is 23.5 Å². The molecular formula is C27H32N2O5. The maximum atomic E-state index is 13.2. The summed E-state index contributed by atoms with van der Waals surface area (Å²) in [5.41, 5.74) is 3.41. The number of alkyl carbamates (subject to hydrolysis) is 1. The van der Waals surface area contributed by atoms with Crippen molar-refractivity contribution in [3.05, 3.63) is 59.7 Å². The van der Waals surface area contributed by atoms with E-state index in [-0.39, 0.29) is 25.0 Å². The fourth-order valence-electron chi connectivity index (χ4n) is 5.28. The second kappa shape index (κ2) is 9.87. The van der Waals surface area contributed by atoms with E-state index in [1.807, 2.05) is 31.2 Å². The van der Waals surface area contributed by atoms with Crippen LogP contribution in [0.2, 0.25) is 0 Å². The molecular weight excluding hydrogens is 432 g/mol.